The number of hydrogen-bond donors (Lipinski definition) is 1. The zero-order valence-corrected chi connectivity index (χ0v) is 17.4. The molecule has 0 rings (SSSR count). The fourth-order valence-electron chi connectivity index (χ4n) is 2.80. The van der Waals surface area contributed by atoms with Crippen LogP contribution in [0, 0.1) is 0 Å². The molecule has 0 amide bonds. The van der Waals surface area contributed by atoms with E-state index in [0.717, 1.165) is 32.1 Å². The fourth-order valence-corrected chi connectivity index (χ4v) is 2.80. The van der Waals surface area contributed by atoms with Crippen molar-refractivity contribution in [3.8, 4) is 0 Å². The van der Waals surface area contributed by atoms with E-state index in [2.05, 4.69) is 13.8 Å². The minimum Gasteiger partial charge on any atom is -0.463 e. The summed E-state index contributed by atoms with van der Waals surface area (Å²) in [6.45, 7) is 8.15. The van der Waals surface area contributed by atoms with Crippen molar-refractivity contribution in [1.82, 2.24) is 0 Å². The second-order valence-electron chi connectivity index (χ2n) is 7.39. The summed E-state index contributed by atoms with van der Waals surface area (Å²) in [5, 5.41) is 0. The Kier molecular flexibility index (Phi) is 15.4. The summed E-state index contributed by atoms with van der Waals surface area (Å²) in [6.07, 6.45) is 11.2. The third-order valence-electron chi connectivity index (χ3n) is 4.54. The normalized spacial score (nSPS) is 14.5. The summed E-state index contributed by atoms with van der Waals surface area (Å²) in [6, 6.07) is -0.763. The average Bonchev–Trinajstić information content (AvgIpc) is 2.60. The van der Waals surface area contributed by atoms with Gasteiger partial charge in [0.15, 0.2) is 0 Å². The van der Waals surface area contributed by atoms with Crippen LogP contribution in [0.5, 0.6) is 0 Å². The molecule has 0 aliphatic carbocycles. The van der Waals surface area contributed by atoms with Crippen molar-refractivity contribution in [2.45, 2.75) is 123 Å². The Bertz CT molecular complexity index is 373. The number of rotatable bonds is 16. The second-order valence-corrected chi connectivity index (χ2v) is 7.39. The lowest BCUT2D eigenvalue weighted by molar-refractivity contribution is -0.151. The van der Waals surface area contributed by atoms with E-state index in [1.54, 1.807) is 0 Å². The molecule has 0 aromatic carbocycles. The lowest BCUT2D eigenvalue weighted by Gasteiger charge is -2.17. The van der Waals surface area contributed by atoms with Crippen molar-refractivity contribution in [3.63, 3.8) is 0 Å². The minimum atomic E-state index is -0.763. The molecule has 2 unspecified atom stereocenters. The molecule has 0 radical (unpaired) electrons. The second kappa shape index (κ2) is 16.1. The van der Waals surface area contributed by atoms with Crippen molar-refractivity contribution < 1.29 is 19.1 Å². The van der Waals surface area contributed by atoms with Crippen LogP contribution in [0.4, 0.5) is 0 Å². The molecule has 0 saturated heterocycles. The van der Waals surface area contributed by atoms with Crippen LogP contribution in [0.1, 0.15) is 105 Å². The predicted octanol–water partition coefficient (Wildman–Crippen LogP) is 4.90. The van der Waals surface area contributed by atoms with Gasteiger partial charge in [0.1, 0.15) is 6.04 Å². The van der Waals surface area contributed by atoms with Gasteiger partial charge in [0, 0.05) is 6.42 Å². The van der Waals surface area contributed by atoms with E-state index in [1.165, 1.54) is 32.1 Å². The fraction of sp³-hybridized carbons (Fsp3) is 0.905. The van der Waals surface area contributed by atoms with Crippen LogP contribution < -0.4 is 5.73 Å². The summed E-state index contributed by atoms with van der Waals surface area (Å²) in [7, 11) is 0. The first-order valence-corrected chi connectivity index (χ1v) is 10.6. The molecule has 0 bridgehead atoms. The van der Waals surface area contributed by atoms with E-state index >= 15 is 0 Å². The van der Waals surface area contributed by atoms with Gasteiger partial charge in [0.25, 0.3) is 0 Å². The summed E-state index contributed by atoms with van der Waals surface area (Å²) < 4.78 is 10.7. The number of carbonyl (C=O) groups excluding carboxylic acids is 2. The lowest BCUT2D eigenvalue weighted by Crippen LogP contribution is -2.35. The largest absolute Gasteiger partial charge is 0.463 e. The maximum absolute atomic E-state index is 12.0. The molecule has 3 atom stereocenters. The van der Waals surface area contributed by atoms with Crippen molar-refractivity contribution in [2.24, 2.45) is 5.73 Å². The van der Waals surface area contributed by atoms with Gasteiger partial charge in [-0.25, -0.2) is 0 Å². The molecule has 26 heavy (non-hydrogen) atoms. The van der Waals surface area contributed by atoms with Gasteiger partial charge in [-0.2, -0.15) is 0 Å². The molecule has 5 heteroatoms. The van der Waals surface area contributed by atoms with E-state index in [1.807, 2.05) is 13.8 Å². The highest BCUT2D eigenvalue weighted by Gasteiger charge is 2.20. The van der Waals surface area contributed by atoms with Crippen LogP contribution >= 0.6 is 0 Å². The van der Waals surface area contributed by atoms with Gasteiger partial charge < -0.3 is 15.2 Å². The maximum Gasteiger partial charge on any atom is 0.323 e. The molecular formula is C21H41NO4. The molecular weight excluding hydrogens is 330 g/mol. The topological polar surface area (TPSA) is 78.6 Å². The van der Waals surface area contributed by atoms with Gasteiger partial charge in [-0.15, -0.1) is 0 Å². The van der Waals surface area contributed by atoms with Gasteiger partial charge in [-0.05, 0) is 46.0 Å². The minimum absolute atomic E-state index is 0.0781. The third kappa shape index (κ3) is 14.1. The number of carbonyl (C=O) groups is 2. The van der Waals surface area contributed by atoms with E-state index in [0.29, 0.717) is 0 Å². The van der Waals surface area contributed by atoms with Gasteiger partial charge in [-0.3, -0.25) is 9.59 Å². The Hall–Kier alpha value is -1.10. The summed E-state index contributed by atoms with van der Waals surface area (Å²) >= 11 is 0. The monoisotopic (exact) mass is 371 g/mol. The third-order valence-corrected chi connectivity index (χ3v) is 4.54. The summed E-state index contributed by atoms with van der Waals surface area (Å²) in [5.41, 5.74) is 5.85. The zero-order valence-electron chi connectivity index (χ0n) is 17.4. The van der Waals surface area contributed by atoms with Crippen LogP contribution in [0.25, 0.3) is 0 Å². The Balaban J connectivity index is 3.88. The van der Waals surface area contributed by atoms with Crippen LogP contribution in [-0.2, 0) is 19.1 Å². The van der Waals surface area contributed by atoms with Crippen LogP contribution in [0.15, 0.2) is 0 Å². The quantitative estimate of drug-likeness (QED) is 0.308. The predicted molar refractivity (Wildman–Crippen MR) is 106 cm³/mol. The highest BCUT2D eigenvalue weighted by molar-refractivity contribution is 5.77. The molecule has 2 N–H and O–H groups in total. The number of unbranched alkanes of at least 4 members (excludes halogenated alkanes) is 6. The van der Waals surface area contributed by atoms with Crippen molar-refractivity contribution in [1.29, 1.82) is 0 Å². The van der Waals surface area contributed by atoms with Gasteiger partial charge in [0.2, 0.25) is 0 Å². The number of ether oxygens (including phenoxy) is 2. The Morgan fingerprint density at radius 2 is 1.27 bits per heavy atom. The lowest BCUT2D eigenvalue weighted by atomic mass is 10.1. The molecule has 0 heterocycles. The molecule has 154 valence electrons. The van der Waals surface area contributed by atoms with Crippen molar-refractivity contribution in [2.75, 3.05) is 0 Å². The van der Waals surface area contributed by atoms with E-state index in [-0.39, 0.29) is 31.0 Å². The molecule has 0 aliphatic rings. The smallest absolute Gasteiger partial charge is 0.323 e. The molecule has 0 aromatic rings. The van der Waals surface area contributed by atoms with Gasteiger partial charge >= 0.3 is 11.9 Å². The number of hydrogen-bond acceptors (Lipinski definition) is 5. The standard InChI is InChI=1S/C21H41NO4/c1-5-7-9-11-13-17(3)25-20(23)16-15-19(22)21(24)26-18(4)14-12-10-8-6-2/h17-19H,5-16,22H2,1-4H3/t17?,18?,19-/m0/s1. The Labute approximate surface area is 160 Å². The van der Waals surface area contributed by atoms with Gasteiger partial charge in [-0.1, -0.05) is 52.4 Å². The zero-order chi connectivity index (χ0) is 19.8. The van der Waals surface area contributed by atoms with Crippen molar-refractivity contribution >= 4 is 11.9 Å². The number of nitrogens with two attached hydrogens (primary N) is 1. The average molecular weight is 372 g/mol. The first kappa shape index (κ1) is 24.9. The first-order chi connectivity index (χ1) is 12.4. The van der Waals surface area contributed by atoms with E-state index in [9.17, 15) is 9.59 Å². The molecule has 0 aromatic heterocycles. The number of esters is 2. The highest BCUT2D eigenvalue weighted by atomic mass is 16.5. The van der Waals surface area contributed by atoms with Gasteiger partial charge in [0.05, 0.1) is 12.2 Å². The molecule has 0 spiro atoms. The SMILES string of the molecule is CCCCCCC(C)OC(=O)CC[C@H](N)C(=O)OC(C)CCCCCC. The Morgan fingerprint density at radius 3 is 1.77 bits per heavy atom. The van der Waals surface area contributed by atoms with E-state index in [4.69, 9.17) is 15.2 Å². The molecule has 5 nitrogen and oxygen atoms in total. The maximum atomic E-state index is 12.0. The molecule has 0 fully saturated rings. The molecule has 0 saturated carbocycles. The van der Waals surface area contributed by atoms with Crippen molar-refractivity contribution in [3.05, 3.63) is 0 Å². The summed E-state index contributed by atoms with van der Waals surface area (Å²) in [5.74, 6) is -0.711. The van der Waals surface area contributed by atoms with Crippen LogP contribution in [0.3, 0.4) is 0 Å². The summed E-state index contributed by atoms with van der Waals surface area (Å²) in [4.78, 5) is 23.8. The highest BCUT2D eigenvalue weighted by Crippen LogP contribution is 2.11. The molecule has 0 aliphatic heterocycles. The first-order valence-electron chi connectivity index (χ1n) is 10.6. The van der Waals surface area contributed by atoms with E-state index < -0.39 is 12.0 Å². The van der Waals surface area contributed by atoms with Crippen LogP contribution in [0.2, 0.25) is 0 Å². The van der Waals surface area contributed by atoms with Crippen LogP contribution in [-0.4, -0.2) is 30.2 Å². The Morgan fingerprint density at radius 1 is 0.769 bits per heavy atom.